The summed E-state index contributed by atoms with van der Waals surface area (Å²) in [5.41, 5.74) is 5.60. The van der Waals surface area contributed by atoms with Gasteiger partial charge in [0.2, 0.25) is 0 Å². The van der Waals surface area contributed by atoms with Gasteiger partial charge in [-0.25, -0.2) is 9.18 Å². The maximum Gasteiger partial charge on any atom is 0.341 e. The molecular weight excluding hydrogens is 425 g/mol. The van der Waals surface area contributed by atoms with Gasteiger partial charge in [0.05, 0.1) is 12.3 Å². The van der Waals surface area contributed by atoms with Crippen LogP contribution in [0.5, 0.6) is 11.5 Å². The molecule has 3 aromatic rings. The van der Waals surface area contributed by atoms with Gasteiger partial charge in [0.1, 0.15) is 12.4 Å². The predicted molar refractivity (Wildman–Crippen MR) is 126 cm³/mol. The first-order valence-corrected chi connectivity index (χ1v) is 10.4. The fourth-order valence-corrected chi connectivity index (χ4v) is 3.46. The number of carbonyl (C=O) groups is 1. The van der Waals surface area contributed by atoms with Crippen LogP contribution in [0.1, 0.15) is 16.7 Å². The largest absolute Gasteiger partial charge is 0.491 e. The van der Waals surface area contributed by atoms with E-state index in [9.17, 15) is 9.18 Å². The second kappa shape index (κ2) is 11.2. The first-order valence-electron chi connectivity index (χ1n) is 10.4. The molecule has 0 saturated heterocycles. The minimum absolute atomic E-state index is 0.126. The van der Waals surface area contributed by atoms with Crippen LogP contribution < -0.4 is 9.47 Å². The molecule has 0 heterocycles. The number of aryl methyl sites for hydroxylation is 2. The van der Waals surface area contributed by atoms with E-state index in [1.807, 2.05) is 50.2 Å². The maximum absolute atomic E-state index is 14.1. The van der Waals surface area contributed by atoms with Gasteiger partial charge in [-0.2, -0.15) is 0 Å². The lowest BCUT2D eigenvalue weighted by Gasteiger charge is -2.14. The van der Waals surface area contributed by atoms with Crippen molar-refractivity contribution in [2.45, 2.75) is 13.8 Å². The predicted octanol–water partition coefficient (Wildman–Crippen LogP) is 5.35. The van der Waals surface area contributed by atoms with Gasteiger partial charge in [-0.15, -0.1) is 0 Å². The Morgan fingerprint density at radius 2 is 1.79 bits per heavy atom. The van der Waals surface area contributed by atoms with Gasteiger partial charge < -0.3 is 19.3 Å². The van der Waals surface area contributed by atoms with Crippen LogP contribution in [-0.4, -0.2) is 44.2 Å². The number of aliphatic carboxylic acids is 1. The van der Waals surface area contributed by atoms with E-state index in [2.05, 4.69) is 4.99 Å². The molecule has 0 bridgehead atoms. The molecule has 7 heteroatoms. The van der Waals surface area contributed by atoms with E-state index < -0.39 is 18.4 Å². The summed E-state index contributed by atoms with van der Waals surface area (Å²) in [6, 6.07) is 16.1. The van der Waals surface area contributed by atoms with Gasteiger partial charge in [-0.1, -0.05) is 18.2 Å². The molecular formula is C26H26FNO5. The summed E-state index contributed by atoms with van der Waals surface area (Å²) in [7, 11) is 1.64. The Hall–Kier alpha value is -3.71. The van der Waals surface area contributed by atoms with Crippen molar-refractivity contribution in [1.82, 2.24) is 0 Å². The standard InChI is InChI=1S/C26H26FNO5/c1-17-11-22(32-10-9-31-3)12-18(2)26(17)20-6-4-5-19(13-20)15-28-21-7-8-24(23(27)14-21)33-16-25(29)30/h4-8,11-15H,9-10,16H2,1-3H3,(H,29,30). The fourth-order valence-electron chi connectivity index (χ4n) is 3.46. The fraction of sp³-hybridized carbons (Fsp3) is 0.231. The molecule has 0 aromatic heterocycles. The van der Waals surface area contributed by atoms with Crippen LogP contribution >= 0.6 is 0 Å². The van der Waals surface area contributed by atoms with Crippen LogP contribution in [0.25, 0.3) is 11.1 Å². The Morgan fingerprint density at radius 3 is 2.45 bits per heavy atom. The van der Waals surface area contributed by atoms with E-state index in [1.165, 1.54) is 12.1 Å². The summed E-state index contributed by atoms with van der Waals surface area (Å²) in [5, 5.41) is 8.65. The number of hydrogen-bond acceptors (Lipinski definition) is 5. The summed E-state index contributed by atoms with van der Waals surface area (Å²) < 4.78 is 29.8. The molecule has 6 nitrogen and oxygen atoms in total. The van der Waals surface area contributed by atoms with E-state index in [1.54, 1.807) is 19.4 Å². The molecule has 1 N–H and O–H groups in total. The van der Waals surface area contributed by atoms with Crippen molar-refractivity contribution in [3.63, 3.8) is 0 Å². The number of nitrogens with zero attached hydrogens (tertiary/aromatic N) is 1. The van der Waals surface area contributed by atoms with Gasteiger partial charge in [0, 0.05) is 19.4 Å². The monoisotopic (exact) mass is 451 g/mol. The molecule has 0 aliphatic carbocycles. The van der Waals surface area contributed by atoms with Crippen LogP contribution in [0.4, 0.5) is 10.1 Å². The van der Waals surface area contributed by atoms with Crippen LogP contribution in [-0.2, 0) is 9.53 Å². The number of carboxylic acid groups (broad SMARTS) is 1. The number of halogens is 1. The molecule has 0 saturated carbocycles. The van der Waals surface area contributed by atoms with Crippen molar-refractivity contribution < 1.29 is 28.5 Å². The van der Waals surface area contributed by atoms with E-state index >= 15 is 0 Å². The molecule has 3 aromatic carbocycles. The third kappa shape index (κ3) is 6.63. The highest BCUT2D eigenvalue weighted by Crippen LogP contribution is 2.31. The Labute approximate surface area is 192 Å². The normalized spacial score (nSPS) is 11.0. The van der Waals surface area contributed by atoms with Gasteiger partial charge in [0.15, 0.2) is 18.2 Å². The van der Waals surface area contributed by atoms with E-state index in [4.69, 9.17) is 19.3 Å². The topological polar surface area (TPSA) is 77.3 Å². The Morgan fingerprint density at radius 1 is 1.03 bits per heavy atom. The number of carboxylic acids is 1. The third-order valence-corrected chi connectivity index (χ3v) is 4.87. The molecule has 33 heavy (non-hydrogen) atoms. The van der Waals surface area contributed by atoms with E-state index in [0.717, 1.165) is 33.6 Å². The van der Waals surface area contributed by atoms with Gasteiger partial charge >= 0.3 is 5.97 Å². The van der Waals surface area contributed by atoms with Gasteiger partial charge in [0.25, 0.3) is 0 Å². The SMILES string of the molecule is COCCOc1cc(C)c(-c2cccc(C=Nc3ccc(OCC(=O)O)c(F)c3)c2)c(C)c1. The lowest BCUT2D eigenvalue weighted by Crippen LogP contribution is -2.10. The van der Waals surface area contributed by atoms with Crippen molar-refractivity contribution in [2.75, 3.05) is 26.9 Å². The molecule has 0 aliphatic rings. The number of benzene rings is 3. The average Bonchev–Trinajstić information content (AvgIpc) is 2.77. The van der Waals surface area contributed by atoms with Gasteiger partial charge in [-0.05, 0) is 72.0 Å². The highest BCUT2D eigenvalue weighted by molar-refractivity contribution is 5.85. The van der Waals surface area contributed by atoms with Crippen LogP contribution in [0, 0.1) is 19.7 Å². The van der Waals surface area contributed by atoms with Crippen molar-refractivity contribution in [3.05, 3.63) is 77.1 Å². The van der Waals surface area contributed by atoms with Crippen molar-refractivity contribution in [2.24, 2.45) is 4.99 Å². The third-order valence-electron chi connectivity index (χ3n) is 4.87. The van der Waals surface area contributed by atoms with Crippen LogP contribution in [0.2, 0.25) is 0 Å². The molecule has 0 fully saturated rings. The Balaban J connectivity index is 1.78. The summed E-state index contributed by atoms with van der Waals surface area (Å²) >= 11 is 0. The molecule has 0 spiro atoms. The first-order chi connectivity index (χ1) is 15.9. The average molecular weight is 451 g/mol. The minimum atomic E-state index is -1.17. The Kier molecular flexibility index (Phi) is 8.16. The van der Waals surface area contributed by atoms with Crippen LogP contribution in [0.15, 0.2) is 59.6 Å². The van der Waals surface area contributed by atoms with E-state index in [-0.39, 0.29) is 5.75 Å². The minimum Gasteiger partial charge on any atom is -0.491 e. The molecule has 0 atom stereocenters. The molecule has 0 unspecified atom stereocenters. The highest BCUT2D eigenvalue weighted by Gasteiger charge is 2.10. The molecule has 3 rings (SSSR count). The summed E-state index contributed by atoms with van der Waals surface area (Å²) in [5.74, 6) is -1.16. The van der Waals surface area contributed by atoms with Crippen molar-refractivity contribution in [1.29, 1.82) is 0 Å². The van der Waals surface area contributed by atoms with Crippen molar-refractivity contribution in [3.8, 4) is 22.6 Å². The zero-order valence-electron chi connectivity index (χ0n) is 18.8. The zero-order valence-corrected chi connectivity index (χ0v) is 18.8. The second-order valence-electron chi connectivity index (χ2n) is 7.45. The zero-order chi connectivity index (χ0) is 23.8. The summed E-state index contributed by atoms with van der Waals surface area (Å²) in [6.07, 6.45) is 1.66. The number of methoxy groups -OCH3 is 1. The summed E-state index contributed by atoms with van der Waals surface area (Å²) in [4.78, 5) is 14.9. The van der Waals surface area contributed by atoms with E-state index in [0.29, 0.717) is 18.9 Å². The number of hydrogen-bond donors (Lipinski definition) is 1. The smallest absolute Gasteiger partial charge is 0.341 e. The number of aliphatic imine (C=N–C) groups is 1. The molecule has 0 radical (unpaired) electrons. The second-order valence-corrected chi connectivity index (χ2v) is 7.45. The number of rotatable bonds is 10. The lowest BCUT2D eigenvalue weighted by atomic mass is 9.94. The number of ether oxygens (including phenoxy) is 3. The molecule has 0 aliphatic heterocycles. The van der Waals surface area contributed by atoms with Crippen LogP contribution in [0.3, 0.4) is 0 Å². The quantitative estimate of drug-likeness (QED) is 0.332. The molecule has 0 amide bonds. The first kappa shape index (κ1) is 23.9. The Bertz CT molecular complexity index is 1140. The lowest BCUT2D eigenvalue weighted by molar-refractivity contribution is -0.139. The van der Waals surface area contributed by atoms with Gasteiger partial charge in [-0.3, -0.25) is 4.99 Å². The molecule has 172 valence electrons. The maximum atomic E-state index is 14.1. The highest BCUT2D eigenvalue weighted by atomic mass is 19.1. The summed E-state index contributed by atoms with van der Waals surface area (Å²) in [6.45, 7) is 4.51. The van der Waals surface area contributed by atoms with Crippen molar-refractivity contribution >= 4 is 17.9 Å².